The first-order valence-electron chi connectivity index (χ1n) is 5.58. The Morgan fingerprint density at radius 2 is 2.00 bits per heavy atom. The summed E-state index contributed by atoms with van der Waals surface area (Å²) in [4.78, 5) is 2.41. The van der Waals surface area contributed by atoms with Crippen LogP contribution in [0.4, 0.5) is 0 Å². The lowest BCUT2D eigenvalue weighted by molar-refractivity contribution is 0.117. The minimum Gasteiger partial charge on any atom is -0.383 e. The van der Waals surface area contributed by atoms with Crippen LogP contribution in [0.1, 0.15) is 27.2 Å². The van der Waals surface area contributed by atoms with Gasteiger partial charge in [0, 0.05) is 26.2 Å². The Hall–Kier alpha value is -0.120. The second kappa shape index (κ2) is 8.21. The van der Waals surface area contributed by atoms with E-state index in [1.165, 1.54) is 6.42 Å². The summed E-state index contributed by atoms with van der Waals surface area (Å²) in [7, 11) is 1.74. The van der Waals surface area contributed by atoms with Gasteiger partial charge >= 0.3 is 0 Å². The van der Waals surface area contributed by atoms with Crippen molar-refractivity contribution in [2.45, 2.75) is 33.2 Å². The van der Waals surface area contributed by atoms with Crippen molar-refractivity contribution >= 4 is 0 Å². The summed E-state index contributed by atoms with van der Waals surface area (Å²) in [6, 6.07) is 0.509. The van der Waals surface area contributed by atoms with Gasteiger partial charge in [-0.15, -0.1) is 0 Å². The van der Waals surface area contributed by atoms with Crippen molar-refractivity contribution in [1.82, 2.24) is 4.90 Å². The van der Waals surface area contributed by atoms with Crippen LogP contribution in [0.2, 0.25) is 0 Å². The molecule has 0 aromatic heterocycles. The van der Waals surface area contributed by atoms with E-state index in [-0.39, 0.29) is 0 Å². The summed E-state index contributed by atoms with van der Waals surface area (Å²) >= 11 is 0. The van der Waals surface area contributed by atoms with Crippen LogP contribution < -0.4 is 5.73 Å². The predicted octanol–water partition coefficient (Wildman–Crippen LogP) is 1.33. The number of methoxy groups -OCH3 is 1. The molecule has 0 radical (unpaired) electrons. The van der Waals surface area contributed by atoms with Gasteiger partial charge in [0.25, 0.3) is 0 Å². The Morgan fingerprint density at radius 1 is 1.36 bits per heavy atom. The monoisotopic (exact) mass is 202 g/mol. The normalized spacial score (nSPS) is 13.9. The van der Waals surface area contributed by atoms with Crippen molar-refractivity contribution in [3.8, 4) is 0 Å². The van der Waals surface area contributed by atoms with Gasteiger partial charge in [-0.3, -0.25) is 4.90 Å². The van der Waals surface area contributed by atoms with Gasteiger partial charge in [0.15, 0.2) is 0 Å². The zero-order valence-electron chi connectivity index (χ0n) is 10.1. The molecule has 0 aliphatic carbocycles. The van der Waals surface area contributed by atoms with Crippen molar-refractivity contribution in [3.63, 3.8) is 0 Å². The molecule has 3 nitrogen and oxygen atoms in total. The predicted molar refractivity (Wildman–Crippen MR) is 61.4 cm³/mol. The van der Waals surface area contributed by atoms with Crippen LogP contribution in [0.5, 0.6) is 0 Å². The highest BCUT2D eigenvalue weighted by atomic mass is 16.5. The van der Waals surface area contributed by atoms with Crippen LogP contribution in [0.15, 0.2) is 0 Å². The average molecular weight is 202 g/mol. The smallest absolute Gasteiger partial charge is 0.0589 e. The van der Waals surface area contributed by atoms with Crippen molar-refractivity contribution in [3.05, 3.63) is 0 Å². The van der Waals surface area contributed by atoms with Gasteiger partial charge in [-0.25, -0.2) is 0 Å². The van der Waals surface area contributed by atoms with Crippen LogP contribution in [0.25, 0.3) is 0 Å². The minimum absolute atomic E-state index is 0.509. The standard InChI is InChI=1S/C11H26N2O/c1-5-13(6-7-14-4)11(9-12)8-10(2)3/h10-11H,5-9,12H2,1-4H3. The summed E-state index contributed by atoms with van der Waals surface area (Å²) in [6.45, 7) is 10.2. The summed E-state index contributed by atoms with van der Waals surface area (Å²) in [5.41, 5.74) is 5.79. The maximum Gasteiger partial charge on any atom is 0.0589 e. The Kier molecular flexibility index (Phi) is 8.14. The topological polar surface area (TPSA) is 38.5 Å². The molecule has 0 aliphatic rings. The van der Waals surface area contributed by atoms with Crippen LogP contribution >= 0.6 is 0 Å². The summed E-state index contributed by atoms with van der Waals surface area (Å²) < 4.78 is 5.09. The molecular formula is C11H26N2O. The van der Waals surface area contributed by atoms with Gasteiger partial charge in [0.1, 0.15) is 0 Å². The maximum absolute atomic E-state index is 5.79. The average Bonchev–Trinajstić information content (AvgIpc) is 2.16. The van der Waals surface area contributed by atoms with Crippen molar-refractivity contribution in [2.24, 2.45) is 11.7 Å². The Labute approximate surface area is 88.6 Å². The second-order valence-corrected chi connectivity index (χ2v) is 4.14. The number of likely N-dealkylation sites (N-methyl/N-ethyl adjacent to an activating group) is 1. The van der Waals surface area contributed by atoms with Gasteiger partial charge in [0.05, 0.1) is 6.61 Å². The molecule has 0 saturated carbocycles. The molecule has 0 aliphatic heterocycles. The van der Waals surface area contributed by atoms with Gasteiger partial charge < -0.3 is 10.5 Å². The third-order valence-electron chi connectivity index (χ3n) is 2.52. The van der Waals surface area contributed by atoms with Crippen LogP contribution in [-0.2, 0) is 4.74 Å². The lowest BCUT2D eigenvalue weighted by atomic mass is 10.0. The fourth-order valence-electron chi connectivity index (χ4n) is 1.75. The molecule has 0 bridgehead atoms. The van der Waals surface area contributed by atoms with Gasteiger partial charge in [-0.05, 0) is 18.9 Å². The highest BCUT2D eigenvalue weighted by molar-refractivity contribution is 4.73. The Balaban J connectivity index is 4.00. The zero-order chi connectivity index (χ0) is 11.0. The van der Waals surface area contributed by atoms with Crippen LogP contribution in [0, 0.1) is 5.92 Å². The van der Waals surface area contributed by atoms with E-state index >= 15 is 0 Å². The van der Waals surface area contributed by atoms with Crippen molar-refractivity contribution < 1.29 is 4.74 Å². The number of hydrogen-bond donors (Lipinski definition) is 1. The Morgan fingerprint density at radius 3 is 2.36 bits per heavy atom. The van der Waals surface area contributed by atoms with Gasteiger partial charge in [-0.1, -0.05) is 20.8 Å². The van der Waals surface area contributed by atoms with E-state index in [0.29, 0.717) is 12.0 Å². The molecule has 1 unspecified atom stereocenters. The van der Waals surface area contributed by atoms with E-state index < -0.39 is 0 Å². The number of nitrogens with two attached hydrogens (primary N) is 1. The molecule has 1 atom stereocenters. The minimum atomic E-state index is 0.509. The molecule has 0 saturated heterocycles. The third kappa shape index (κ3) is 5.58. The molecule has 0 aromatic carbocycles. The van der Waals surface area contributed by atoms with Crippen molar-refractivity contribution in [1.29, 1.82) is 0 Å². The summed E-state index contributed by atoms with van der Waals surface area (Å²) in [6.07, 6.45) is 1.17. The largest absolute Gasteiger partial charge is 0.383 e. The molecule has 0 rings (SSSR count). The van der Waals surface area contributed by atoms with E-state index in [1.54, 1.807) is 7.11 Å². The first kappa shape index (κ1) is 13.9. The highest BCUT2D eigenvalue weighted by Gasteiger charge is 2.16. The zero-order valence-corrected chi connectivity index (χ0v) is 10.1. The van der Waals surface area contributed by atoms with Gasteiger partial charge in [0.2, 0.25) is 0 Å². The molecule has 0 amide bonds. The fraction of sp³-hybridized carbons (Fsp3) is 1.00. The second-order valence-electron chi connectivity index (χ2n) is 4.14. The first-order chi connectivity index (χ1) is 6.65. The molecule has 3 heteroatoms. The third-order valence-corrected chi connectivity index (χ3v) is 2.52. The molecule has 0 fully saturated rings. The highest BCUT2D eigenvalue weighted by Crippen LogP contribution is 2.10. The van der Waals surface area contributed by atoms with Crippen molar-refractivity contribution in [2.75, 3.05) is 33.4 Å². The number of nitrogens with zero attached hydrogens (tertiary/aromatic N) is 1. The molecule has 86 valence electrons. The molecule has 0 heterocycles. The van der Waals surface area contributed by atoms with Gasteiger partial charge in [-0.2, -0.15) is 0 Å². The Bertz CT molecular complexity index is 128. The molecule has 0 aromatic rings. The molecule has 2 N–H and O–H groups in total. The van der Waals surface area contributed by atoms with E-state index in [2.05, 4.69) is 25.7 Å². The van der Waals surface area contributed by atoms with E-state index in [4.69, 9.17) is 10.5 Å². The SMILES string of the molecule is CCN(CCOC)C(CN)CC(C)C. The maximum atomic E-state index is 5.79. The molecular weight excluding hydrogens is 176 g/mol. The van der Waals surface area contributed by atoms with E-state index in [0.717, 1.165) is 26.2 Å². The van der Waals surface area contributed by atoms with E-state index in [1.807, 2.05) is 0 Å². The molecule has 14 heavy (non-hydrogen) atoms. The quantitative estimate of drug-likeness (QED) is 0.645. The first-order valence-corrected chi connectivity index (χ1v) is 5.58. The van der Waals surface area contributed by atoms with E-state index in [9.17, 15) is 0 Å². The number of hydrogen-bond acceptors (Lipinski definition) is 3. The number of rotatable bonds is 8. The summed E-state index contributed by atoms with van der Waals surface area (Å²) in [5.74, 6) is 0.708. The lowest BCUT2D eigenvalue weighted by Crippen LogP contribution is -2.43. The fourth-order valence-corrected chi connectivity index (χ4v) is 1.75. The molecule has 0 spiro atoms. The summed E-state index contributed by atoms with van der Waals surface area (Å²) in [5, 5.41) is 0. The lowest BCUT2D eigenvalue weighted by Gasteiger charge is -2.30. The number of ether oxygens (including phenoxy) is 1. The van der Waals surface area contributed by atoms with Crippen LogP contribution in [0.3, 0.4) is 0 Å². The van der Waals surface area contributed by atoms with Crippen LogP contribution in [-0.4, -0.2) is 44.3 Å².